The van der Waals surface area contributed by atoms with Crippen LogP contribution in [0.15, 0.2) is 109 Å². The van der Waals surface area contributed by atoms with Gasteiger partial charge in [0.2, 0.25) is 11.8 Å². The number of unbranched alkanes of at least 4 members (excludes halogenated alkanes) is 1. The molecule has 5 rings (SSSR count). The molecule has 9 nitrogen and oxygen atoms in total. The summed E-state index contributed by atoms with van der Waals surface area (Å²) in [6, 6.07) is 28.4. The highest BCUT2D eigenvalue weighted by Gasteiger charge is 2.45. The van der Waals surface area contributed by atoms with E-state index in [-0.39, 0.29) is 18.7 Å². The van der Waals surface area contributed by atoms with Crippen LogP contribution >= 0.6 is 0 Å². The first-order valence-electron chi connectivity index (χ1n) is 19.5. The molecule has 3 amide bonds. The molecule has 290 valence electrons. The first kappa shape index (κ1) is 41.2. The molecule has 0 radical (unpaired) electrons. The van der Waals surface area contributed by atoms with Crippen LogP contribution in [0.4, 0.5) is 0 Å². The fourth-order valence-electron chi connectivity index (χ4n) is 7.37. The molecule has 0 bridgehead atoms. The fraction of sp³-hybridized carbons (Fsp3) is 0.391. The van der Waals surface area contributed by atoms with Crippen molar-refractivity contribution in [2.24, 2.45) is 17.6 Å². The number of aromatic nitrogens is 1. The molecule has 0 saturated carbocycles. The van der Waals surface area contributed by atoms with Crippen LogP contribution in [0.5, 0.6) is 0 Å². The summed E-state index contributed by atoms with van der Waals surface area (Å²) in [7, 11) is 0. The number of imide groups is 1. The van der Waals surface area contributed by atoms with E-state index in [4.69, 9.17) is 5.73 Å². The van der Waals surface area contributed by atoms with Gasteiger partial charge in [-0.15, -0.1) is 0 Å². The van der Waals surface area contributed by atoms with E-state index in [2.05, 4.69) is 36.3 Å². The Kier molecular flexibility index (Phi) is 14.3. The van der Waals surface area contributed by atoms with Crippen molar-refractivity contribution in [1.29, 1.82) is 0 Å². The van der Waals surface area contributed by atoms with Crippen LogP contribution < -0.4 is 11.1 Å². The Morgan fingerprint density at radius 1 is 0.800 bits per heavy atom. The smallest absolute Gasteiger partial charge is 0.252 e. The van der Waals surface area contributed by atoms with E-state index in [1.54, 1.807) is 25.4 Å². The third kappa shape index (κ3) is 10.4. The van der Waals surface area contributed by atoms with Gasteiger partial charge in [0.25, 0.3) is 5.91 Å². The van der Waals surface area contributed by atoms with Gasteiger partial charge in [0.15, 0.2) is 0 Å². The highest BCUT2D eigenvalue weighted by atomic mass is 16.3. The Hall–Kier alpha value is -4.96. The first-order valence-corrected chi connectivity index (χ1v) is 19.5. The van der Waals surface area contributed by atoms with Gasteiger partial charge < -0.3 is 21.3 Å². The summed E-state index contributed by atoms with van der Waals surface area (Å²) in [6.07, 6.45) is 6.30. The molecule has 5 N–H and O–H groups in total. The Morgan fingerprint density at radius 2 is 1.38 bits per heavy atom. The Balaban J connectivity index is 1.55. The predicted molar refractivity (Wildman–Crippen MR) is 219 cm³/mol. The molecule has 0 aliphatic heterocycles. The van der Waals surface area contributed by atoms with Crippen LogP contribution in [0.25, 0.3) is 21.5 Å². The number of carbonyl (C=O) groups is 3. The monoisotopic (exact) mass is 744 g/mol. The molecular formula is C46H56N4O5. The number of aliphatic hydroxyl groups is 2. The SMILES string of the molecule is CC(C)CCCCC(=O)N(C(=O)C(Cc1cccnc1)NC(=O)C(Cc1cccc2ccccc12)Cc1cccc2ccccc12)[C@H](CO)[C@@](C)(O)[C@H](C)N. The number of nitrogens with one attached hydrogen (secondary N) is 1. The topological polar surface area (TPSA) is 146 Å². The van der Waals surface area contributed by atoms with Crippen LogP contribution in [0.2, 0.25) is 0 Å². The van der Waals surface area contributed by atoms with Gasteiger partial charge in [0.05, 0.1) is 18.2 Å². The molecule has 0 saturated heterocycles. The van der Waals surface area contributed by atoms with E-state index < -0.39 is 48.1 Å². The van der Waals surface area contributed by atoms with Crippen molar-refractivity contribution in [3.63, 3.8) is 0 Å². The number of aliphatic hydroxyl groups excluding tert-OH is 1. The summed E-state index contributed by atoms with van der Waals surface area (Å²) < 4.78 is 0. The van der Waals surface area contributed by atoms with Crippen molar-refractivity contribution >= 4 is 39.3 Å². The number of fused-ring (bicyclic) bond motifs is 2. The summed E-state index contributed by atoms with van der Waals surface area (Å²) in [5.74, 6) is -1.78. The zero-order chi connectivity index (χ0) is 39.5. The maximum Gasteiger partial charge on any atom is 0.252 e. The summed E-state index contributed by atoms with van der Waals surface area (Å²) in [4.78, 5) is 49.1. The number of pyridine rings is 1. The highest BCUT2D eigenvalue weighted by Crippen LogP contribution is 2.28. The Morgan fingerprint density at radius 3 is 1.91 bits per heavy atom. The number of nitrogens with two attached hydrogens (primary N) is 1. The number of carbonyl (C=O) groups excluding carboxylic acids is 3. The molecule has 55 heavy (non-hydrogen) atoms. The largest absolute Gasteiger partial charge is 0.394 e. The number of hydrogen-bond acceptors (Lipinski definition) is 7. The van der Waals surface area contributed by atoms with Gasteiger partial charge in [0, 0.05) is 37.2 Å². The van der Waals surface area contributed by atoms with Crippen molar-refractivity contribution in [2.75, 3.05) is 6.61 Å². The van der Waals surface area contributed by atoms with Crippen molar-refractivity contribution in [3.8, 4) is 0 Å². The Labute approximate surface area is 325 Å². The summed E-state index contributed by atoms with van der Waals surface area (Å²) in [6.45, 7) is 6.50. The van der Waals surface area contributed by atoms with Crippen LogP contribution in [-0.2, 0) is 33.6 Å². The molecule has 5 aromatic rings. The molecule has 1 unspecified atom stereocenters. The zero-order valence-electron chi connectivity index (χ0n) is 32.5. The molecular weight excluding hydrogens is 689 g/mol. The molecule has 1 heterocycles. The minimum Gasteiger partial charge on any atom is -0.394 e. The minimum absolute atomic E-state index is 0.0301. The number of benzene rings is 4. The second-order valence-corrected chi connectivity index (χ2v) is 15.5. The van der Waals surface area contributed by atoms with Crippen molar-refractivity contribution in [1.82, 2.24) is 15.2 Å². The zero-order valence-corrected chi connectivity index (χ0v) is 32.5. The maximum atomic E-state index is 14.9. The van der Waals surface area contributed by atoms with Gasteiger partial charge >= 0.3 is 0 Å². The molecule has 0 fully saturated rings. The standard InChI is InChI=1S/C46H56N4O5/c1-31(2)14-5-10-24-43(52)50(42(30-51)46(4,55)32(3)47)45(54)41(26-33-15-13-25-48-29-33)49-44(53)38(27-36-20-11-18-34-16-6-8-22-39(34)36)28-37-21-12-19-35-17-7-9-23-40(35)37/h6-9,11-13,15-23,25,29,31-32,38,41-42,51,55H,5,10,14,24,26-28,30,47H2,1-4H3,(H,49,53)/t32-,41?,42+,46-/m0/s1. The lowest BCUT2D eigenvalue weighted by Gasteiger charge is -2.42. The number of hydrogen-bond donors (Lipinski definition) is 4. The Bertz CT molecular complexity index is 1960. The van der Waals surface area contributed by atoms with Crippen LogP contribution in [0, 0.1) is 11.8 Å². The van der Waals surface area contributed by atoms with E-state index in [0.717, 1.165) is 50.4 Å². The van der Waals surface area contributed by atoms with E-state index in [9.17, 15) is 24.6 Å². The third-order valence-corrected chi connectivity index (χ3v) is 10.8. The summed E-state index contributed by atoms with van der Waals surface area (Å²) >= 11 is 0. The van der Waals surface area contributed by atoms with Gasteiger partial charge in [0.1, 0.15) is 6.04 Å². The predicted octanol–water partition coefficient (Wildman–Crippen LogP) is 6.55. The van der Waals surface area contributed by atoms with E-state index in [1.807, 2.05) is 78.9 Å². The van der Waals surface area contributed by atoms with Gasteiger partial charge in [-0.25, -0.2) is 0 Å². The average molecular weight is 745 g/mol. The lowest BCUT2D eigenvalue weighted by molar-refractivity contribution is -0.160. The quantitative estimate of drug-likeness (QED) is 0.0745. The molecule has 9 heteroatoms. The van der Waals surface area contributed by atoms with Crippen molar-refractivity contribution in [2.45, 2.75) is 96.4 Å². The molecule has 0 aliphatic rings. The summed E-state index contributed by atoms with van der Waals surface area (Å²) in [5.41, 5.74) is 7.04. The highest BCUT2D eigenvalue weighted by molar-refractivity contribution is 6.00. The van der Waals surface area contributed by atoms with Crippen LogP contribution in [0.1, 0.15) is 70.1 Å². The summed E-state index contributed by atoms with van der Waals surface area (Å²) in [5, 5.41) is 29.6. The first-order chi connectivity index (χ1) is 26.4. The average Bonchev–Trinajstić information content (AvgIpc) is 3.18. The van der Waals surface area contributed by atoms with E-state index in [0.29, 0.717) is 30.7 Å². The molecule has 4 atom stereocenters. The third-order valence-electron chi connectivity index (χ3n) is 10.8. The van der Waals surface area contributed by atoms with E-state index >= 15 is 0 Å². The minimum atomic E-state index is -1.83. The van der Waals surface area contributed by atoms with E-state index in [1.165, 1.54) is 6.92 Å². The fourth-order valence-corrected chi connectivity index (χ4v) is 7.37. The van der Waals surface area contributed by atoms with Crippen molar-refractivity contribution < 1.29 is 24.6 Å². The molecule has 0 spiro atoms. The normalized spacial score (nSPS) is 14.4. The van der Waals surface area contributed by atoms with Crippen LogP contribution in [0.3, 0.4) is 0 Å². The lowest BCUT2D eigenvalue weighted by atomic mass is 9.87. The van der Waals surface area contributed by atoms with Gasteiger partial charge in [-0.1, -0.05) is 118 Å². The second kappa shape index (κ2) is 19.1. The van der Waals surface area contributed by atoms with Crippen LogP contribution in [-0.4, -0.2) is 68.2 Å². The van der Waals surface area contributed by atoms with Gasteiger partial charge in [-0.3, -0.25) is 24.3 Å². The second-order valence-electron chi connectivity index (χ2n) is 15.5. The molecule has 1 aromatic heterocycles. The van der Waals surface area contributed by atoms with Gasteiger partial charge in [-0.05, 0) is 83.3 Å². The molecule has 0 aliphatic carbocycles. The number of amides is 3. The van der Waals surface area contributed by atoms with Crippen molar-refractivity contribution in [3.05, 3.63) is 126 Å². The number of nitrogens with zero attached hydrogens (tertiary/aromatic N) is 2. The maximum absolute atomic E-state index is 14.9. The number of rotatable bonds is 18. The molecule has 4 aromatic carbocycles. The lowest BCUT2D eigenvalue weighted by Crippen LogP contribution is -2.66. The van der Waals surface area contributed by atoms with Gasteiger partial charge in [-0.2, -0.15) is 0 Å².